The fourth-order valence-electron chi connectivity index (χ4n) is 2.52. The van der Waals surface area contributed by atoms with E-state index >= 15 is 0 Å². The van der Waals surface area contributed by atoms with Crippen molar-refractivity contribution in [3.05, 3.63) is 29.8 Å². The molecule has 0 spiro atoms. The molecule has 6 nitrogen and oxygen atoms in total. The quantitative estimate of drug-likeness (QED) is 0.411. The van der Waals surface area contributed by atoms with Crippen LogP contribution in [0.1, 0.15) is 52.0 Å². The first kappa shape index (κ1) is 21.1. The molecule has 0 heterocycles. The Bertz CT molecular complexity index is 614. The van der Waals surface area contributed by atoms with Gasteiger partial charge in [-0.1, -0.05) is 25.1 Å². The van der Waals surface area contributed by atoms with Crippen molar-refractivity contribution in [2.75, 3.05) is 19.7 Å². The summed E-state index contributed by atoms with van der Waals surface area (Å²) >= 11 is 0. The maximum Gasteiger partial charge on any atom is 0.221 e. The van der Waals surface area contributed by atoms with Crippen LogP contribution in [-0.4, -0.2) is 37.6 Å². The van der Waals surface area contributed by atoms with Gasteiger partial charge in [0.25, 0.3) is 0 Å². The highest BCUT2D eigenvalue weighted by molar-refractivity contribution is 5.81. The molecule has 1 amide bonds. The predicted molar refractivity (Wildman–Crippen MR) is 110 cm³/mol. The zero-order valence-electron chi connectivity index (χ0n) is 16.9. The van der Waals surface area contributed by atoms with E-state index in [0.717, 1.165) is 36.8 Å². The van der Waals surface area contributed by atoms with Crippen LogP contribution in [0.15, 0.2) is 29.3 Å². The highest BCUT2D eigenvalue weighted by Gasteiger charge is 2.22. The number of carbonyl (C=O) groups excluding carboxylic acids is 1. The van der Waals surface area contributed by atoms with Crippen LogP contribution in [0.3, 0.4) is 0 Å². The minimum Gasteiger partial charge on any atom is -0.493 e. The number of rotatable bonds is 11. The molecule has 0 aromatic heterocycles. The molecule has 1 unspecified atom stereocenters. The molecule has 3 N–H and O–H groups in total. The lowest BCUT2D eigenvalue weighted by atomic mass is 10.2. The molecule has 6 heteroatoms. The second kappa shape index (κ2) is 11.5. The summed E-state index contributed by atoms with van der Waals surface area (Å²) in [6.07, 6.45) is 3.92. The van der Waals surface area contributed by atoms with Crippen molar-refractivity contribution in [1.82, 2.24) is 16.0 Å². The van der Waals surface area contributed by atoms with Crippen molar-refractivity contribution in [3.8, 4) is 5.75 Å². The van der Waals surface area contributed by atoms with Crippen LogP contribution in [0.2, 0.25) is 0 Å². The standard InChI is InChI=1S/C21H34N4O2/c1-4-16(3)25-20(26)12-13-23-21(22-5-2)24-14-18-8-6-7-9-19(18)27-15-17-10-11-17/h6-9,16-17H,4-5,10-15H2,1-3H3,(H,25,26)(H2,22,23,24). The first-order chi connectivity index (χ1) is 13.1. The zero-order chi connectivity index (χ0) is 19.5. The van der Waals surface area contributed by atoms with Crippen LogP contribution in [0, 0.1) is 5.92 Å². The average molecular weight is 375 g/mol. The molecule has 150 valence electrons. The average Bonchev–Trinajstić information content (AvgIpc) is 3.49. The molecule has 1 saturated carbocycles. The molecule has 0 bridgehead atoms. The van der Waals surface area contributed by atoms with Crippen molar-refractivity contribution in [1.29, 1.82) is 0 Å². The number of nitrogens with one attached hydrogen (secondary N) is 3. The Morgan fingerprint density at radius 3 is 2.74 bits per heavy atom. The van der Waals surface area contributed by atoms with E-state index in [1.807, 2.05) is 32.0 Å². The van der Waals surface area contributed by atoms with Gasteiger partial charge in [0.2, 0.25) is 5.91 Å². The van der Waals surface area contributed by atoms with Crippen LogP contribution >= 0.6 is 0 Å². The van der Waals surface area contributed by atoms with Gasteiger partial charge in [0.15, 0.2) is 5.96 Å². The number of guanidine groups is 1. The third-order valence-electron chi connectivity index (χ3n) is 4.56. The molecular weight excluding hydrogens is 340 g/mol. The maximum absolute atomic E-state index is 11.9. The van der Waals surface area contributed by atoms with E-state index in [4.69, 9.17) is 4.74 Å². The number of benzene rings is 1. The third-order valence-corrected chi connectivity index (χ3v) is 4.56. The summed E-state index contributed by atoms with van der Waals surface area (Å²) in [4.78, 5) is 16.5. The van der Waals surface area contributed by atoms with E-state index in [2.05, 4.69) is 33.9 Å². The minimum atomic E-state index is 0.0616. The second-order valence-corrected chi connectivity index (χ2v) is 7.11. The zero-order valence-corrected chi connectivity index (χ0v) is 16.9. The molecule has 0 saturated heterocycles. The second-order valence-electron chi connectivity index (χ2n) is 7.11. The highest BCUT2D eigenvalue weighted by atomic mass is 16.5. The molecule has 1 aromatic carbocycles. The molecule has 1 aromatic rings. The summed E-state index contributed by atoms with van der Waals surface area (Å²) in [6.45, 7) is 8.75. The predicted octanol–water partition coefficient (Wildman–Crippen LogP) is 2.84. The van der Waals surface area contributed by atoms with Gasteiger partial charge < -0.3 is 20.7 Å². The summed E-state index contributed by atoms with van der Waals surface area (Å²) < 4.78 is 5.95. The molecule has 1 aliphatic rings. The minimum absolute atomic E-state index is 0.0616. The first-order valence-corrected chi connectivity index (χ1v) is 10.1. The molecule has 1 atom stereocenters. The van der Waals surface area contributed by atoms with Crippen molar-refractivity contribution in [3.63, 3.8) is 0 Å². The Kier molecular flexibility index (Phi) is 8.95. The lowest BCUT2D eigenvalue weighted by Gasteiger charge is -2.14. The number of carbonyl (C=O) groups is 1. The molecule has 1 fully saturated rings. The lowest BCUT2D eigenvalue weighted by Crippen LogP contribution is -2.40. The van der Waals surface area contributed by atoms with E-state index in [0.29, 0.717) is 25.5 Å². The van der Waals surface area contributed by atoms with Crippen molar-refractivity contribution in [2.45, 2.75) is 59.0 Å². The largest absolute Gasteiger partial charge is 0.493 e. The van der Waals surface area contributed by atoms with E-state index < -0.39 is 0 Å². The number of amides is 1. The summed E-state index contributed by atoms with van der Waals surface area (Å²) in [7, 11) is 0. The SMILES string of the molecule is CCNC(=NCc1ccccc1OCC1CC1)NCCC(=O)NC(C)CC. The molecule has 0 aliphatic heterocycles. The molecule has 2 rings (SSSR count). The van der Waals surface area contributed by atoms with Gasteiger partial charge in [-0.15, -0.1) is 0 Å². The Hall–Kier alpha value is -2.24. The van der Waals surface area contributed by atoms with Crippen LogP contribution < -0.4 is 20.7 Å². The Balaban J connectivity index is 1.84. The third kappa shape index (κ3) is 8.33. The van der Waals surface area contributed by atoms with Gasteiger partial charge in [-0.25, -0.2) is 4.99 Å². The topological polar surface area (TPSA) is 74.8 Å². The van der Waals surface area contributed by atoms with Gasteiger partial charge in [0.1, 0.15) is 5.75 Å². The highest BCUT2D eigenvalue weighted by Crippen LogP contribution is 2.30. The van der Waals surface area contributed by atoms with Crippen molar-refractivity contribution < 1.29 is 9.53 Å². The van der Waals surface area contributed by atoms with Crippen molar-refractivity contribution >= 4 is 11.9 Å². The maximum atomic E-state index is 11.9. The van der Waals surface area contributed by atoms with E-state index in [1.54, 1.807) is 0 Å². The van der Waals surface area contributed by atoms with Crippen LogP contribution in [0.25, 0.3) is 0 Å². The summed E-state index contributed by atoms with van der Waals surface area (Å²) in [5.74, 6) is 2.41. The molecule has 1 aliphatic carbocycles. The van der Waals surface area contributed by atoms with E-state index in [9.17, 15) is 4.79 Å². The Labute approximate surface area is 163 Å². The fraction of sp³-hybridized carbons (Fsp3) is 0.619. The first-order valence-electron chi connectivity index (χ1n) is 10.1. The normalized spacial score (nSPS) is 15.1. The van der Waals surface area contributed by atoms with Crippen molar-refractivity contribution in [2.24, 2.45) is 10.9 Å². The van der Waals surface area contributed by atoms with Gasteiger partial charge in [-0.3, -0.25) is 4.79 Å². The van der Waals surface area contributed by atoms with Gasteiger partial charge in [-0.2, -0.15) is 0 Å². The lowest BCUT2D eigenvalue weighted by molar-refractivity contribution is -0.121. The number of hydrogen-bond acceptors (Lipinski definition) is 3. The summed E-state index contributed by atoms with van der Waals surface area (Å²) in [5, 5.41) is 9.43. The Morgan fingerprint density at radius 1 is 1.26 bits per heavy atom. The van der Waals surface area contributed by atoms with Gasteiger partial charge in [0, 0.05) is 31.1 Å². The summed E-state index contributed by atoms with van der Waals surface area (Å²) in [5.41, 5.74) is 1.07. The summed E-state index contributed by atoms with van der Waals surface area (Å²) in [6, 6.07) is 8.27. The van der Waals surface area contributed by atoms with E-state index in [-0.39, 0.29) is 11.9 Å². The molecule has 0 radical (unpaired) electrons. The van der Waals surface area contributed by atoms with Crippen LogP contribution in [-0.2, 0) is 11.3 Å². The monoisotopic (exact) mass is 374 g/mol. The number of aliphatic imine (C=N–C) groups is 1. The number of nitrogens with zero attached hydrogens (tertiary/aromatic N) is 1. The van der Waals surface area contributed by atoms with Crippen LogP contribution in [0.5, 0.6) is 5.75 Å². The number of para-hydroxylation sites is 1. The van der Waals surface area contributed by atoms with Gasteiger partial charge in [-0.05, 0) is 45.1 Å². The van der Waals surface area contributed by atoms with E-state index in [1.165, 1.54) is 12.8 Å². The number of ether oxygens (including phenoxy) is 1. The number of hydrogen-bond donors (Lipinski definition) is 3. The Morgan fingerprint density at radius 2 is 2.04 bits per heavy atom. The molecule has 27 heavy (non-hydrogen) atoms. The smallest absolute Gasteiger partial charge is 0.221 e. The fourth-order valence-corrected chi connectivity index (χ4v) is 2.52. The van der Waals surface area contributed by atoms with Crippen LogP contribution in [0.4, 0.5) is 0 Å². The van der Waals surface area contributed by atoms with Gasteiger partial charge >= 0.3 is 0 Å². The molecular formula is C21H34N4O2. The van der Waals surface area contributed by atoms with Gasteiger partial charge in [0.05, 0.1) is 13.2 Å².